The third kappa shape index (κ3) is 6.97. The van der Waals surface area contributed by atoms with Crippen molar-refractivity contribution in [3.8, 4) is 5.75 Å². The molecule has 1 aromatic carbocycles. The van der Waals surface area contributed by atoms with Gasteiger partial charge >= 0.3 is 5.97 Å². The van der Waals surface area contributed by atoms with Crippen molar-refractivity contribution < 1.29 is 24.1 Å². The van der Waals surface area contributed by atoms with E-state index in [9.17, 15) is 15.0 Å². The Morgan fingerprint density at radius 2 is 2.05 bits per heavy atom. The summed E-state index contributed by atoms with van der Waals surface area (Å²) < 4.78 is 21.2. The summed E-state index contributed by atoms with van der Waals surface area (Å²) >= 11 is 1.71. The van der Waals surface area contributed by atoms with Gasteiger partial charge in [0.2, 0.25) is 0 Å². The van der Waals surface area contributed by atoms with Crippen LogP contribution in [0.15, 0.2) is 53.8 Å². The van der Waals surface area contributed by atoms with Crippen LogP contribution in [-0.4, -0.2) is 63.5 Å². The maximum atomic E-state index is 15.9. The van der Waals surface area contributed by atoms with Crippen LogP contribution in [0.5, 0.6) is 5.75 Å². The fourth-order valence-electron chi connectivity index (χ4n) is 5.23. The minimum atomic E-state index is -1.35. The van der Waals surface area contributed by atoms with Crippen molar-refractivity contribution in [2.75, 3.05) is 32.5 Å². The number of nitrogens with zero attached hydrogens (tertiary/aromatic N) is 3. The van der Waals surface area contributed by atoms with E-state index in [4.69, 9.17) is 4.74 Å². The number of halogens is 1. The summed E-state index contributed by atoms with van der Waals surface area (Å²) in [6.45, 7) is 2.18. The number of aliphatic carboxylic acids is 1. The number of thioether (sulfide) groups is 1. The summed E-state index contributed by atoms with van der Waals surface area (Å²) in [4.78, 5) is 22.8. The molecule has 9 heteroatoms. The zero-order valence-electron chi connectivity index (χ0n) is 21.1. The molecule has 1 saturated heterocycles. The summed E-state index contributed by atoms with van der Waals surface area (Å²) in [6, 6.07) is 11.2. The quantitative estimate of drug-likeness (QED) is 0.308. The van der Waals surface area contributed by atoms with Gasteiger partial charge in [-0.15, -0.1) is 11.8 Å². The number of aliphatic hydroxyl groups excluding tert-OH is 1. The largest absolute Gasteiger partial charge is 0.497 e. The number of fused-ring (bicyclic) bond motifs is 1. The molecule has 198 valence electrons. The molecule has 0 unspecified atom stereocenters. The lowest BCUT2D eigenvalue weighted by atomic mass is 9.71. The SMILES string of the molecule is COc1ccc2ncc(CO)c([C@H](F)CCC3(CC(=O)O)CCN(CCSc4ccccn4)CC3)c2c1. The number of ether oxygens (including phenoxy) is 1. The number of piperidine rings is 1. The number of hydrogen-bond donors (Lipinski definition) is 2. The molecular weight excluding hydrogens is 493 g/mol. The van der Waals surface area contributed by atoms with Crippen LogP contribution >= 0.6 is 11.8 Å². The molecule has 0 spiro atoms. The Morgan fingerprint density at radius 3 is 2.73 bits per heavy atom. The first-order chi connectivity index (χ1) is 17.9. The van der Waals surface area contributed by atoms with Crippen LogP contribution in [0, 0.1) is 5.41 Å². The lowest BCUT2D eigenvalue weighted by Crippen LogP contribution is -2.42. The maximum Gasteiger partial charge on any atom is 0.303 e. The number of alkyl halides is 1. The van der Waals surface area contributed by atoms with Crippen LogP contribution in [0.25, 0.3) is 10.9 Å². The van der Waals surface area contributed by atoms with Gasteiger partial charge in [0.15, 0.2) is 0 Å². The smallest absolute Gasteiger partial charge is 0.303 e. The number of pyridine rings is 2. The molecule has 2 N–H and O–H groups in total. The second-order valence-electron chi connectivity index (χ2n) is 9.67. The van der Waals surface area contributed by atoms with Crippen molar-refractivity contribution in [2.24, 2.45) is 5.41 Å². The number of carboxylic acids is 1. The molecule has 0 radical (unpaired) electrons. The van der Waals surface area contributed by atoms with Gasteiger partial charge in [-0.1, -0.05) is 6.07 Å². The Kier molecular flexibility index (Phi) is 9.34. The van der Waals surface area contributed by atoms with Crippen molar-refractivity contribution in [3.05, 3.63) is 59.9 Å². The van der Waals surface area contributed by atoms with Crippen LogP contribution in [0.3, 0.4) is 0 Å². The number of methoxy groups -OCH3 is 1. The minimum absolute atomic E-state index is 0.0357. The van der Waals surface area contributed by atoms with Crippen LogP contribution in [-0.2, 0) is 11.4 Å². The van der Waals surface area contributed by atoms with Crippen LogP contribution < -0.4 is 4.74 Å². The third-order valence-electron chi connectivity index (χ3n) is 7.35. The van der Waals surface area contributed by atoms with E-state index in [1.54, 1.807) is 43.3 Å². The first-order valence-electron chi connectivity index (χ1n) is 12.6. The highest BCUT2D eigenvalue weighted by atomic mass is 32.2. The van der Waals surface area contributed by atoms with Crippen LogP contribution in [0.1, 0.15) is 49.4 Å². The molecule has 7 nitrogen and oxygen atoms in total. The van der Waals surface area contributed by atoms with Gasteiger partial charge in [-0.3, -0.25) is 9.78 Å². The Labute approximate surface area is 221 Å². The Hall–Kier alpha value is -2.75. The predicted octanol–water partition coefficient (Wildman–Crippen LogP) is 5.27. The zero-order valence-corrected chi connectivity index (χ0v) is 21.9. The molecule has 0 saturated carbocycles. The first kappa shape index (κ1) is 27.3. The monoisotopic (exact) mass is 527 g/mol. The van der Waals surface area contributed by atoms with Crippen molar-refractivity contribution in [2.45, 2.75) is 49.9 Å². The van der Waals surface area contributed by atoms with Gasteiger partial charge in [0.05, 0.1) is 30.7 Å². The summed E-state index contributed by atoms with van der Waals surface area (Å²) in [5.74, 6) is 0.663. The number of rotatable bonds is 12. The molecule has 4 rings (SSSR count). The second-order valence-corrected chi connectivity index (χ2v) is 10.8. The molecule has 2 aromatic heterocycles. The highest BCUT2D eigenvalue weighted by Crippen LogP contribution is 2.43. The van der Waals surface area contributed by atoms with Gasteiger partial charge in [0, 0.05) is 41.2 Å². The number of aromatic nitrogens is 2. The molecule has 1 aliphatic rings. The van der Waals surface area contributed by atoms with Crippen molar-refractivity contribution in [1.82, 2.24) is 14.9 Å². The molecule has 3 aromatic rings. The topological polar surface area (TPSA) is 95.8 Å². The molecule has 3 heterocycles. The lowest BCUT2D eigenvalue weighted by Gasteiger charge is -2.41. The first-order valence-corrected chi connectivity index (χ1v) is 13.6. The average molecular weight is 528 g/mol. The number of carbonyl (C=O) groups is 1. The fraction of sp³-hybridized carbons (Fsp3) is 0.464. The van der Waals surface area contributed by atoms with E-state index in [1.165, 1.54) is 6.20 Å². The number of aliphatic hydroxyl groups is 1. The van der Waals surface area contributed by atoms with E-state index in [0.29, 0.717) is 34.2 Å². The van der Waals surface area contributed by atoms with Gasteiger partial charge in [-0.25, -0.2) is 9.37 Å². The lowest BCUT2D eigenvalue weighted by molar-refractivity contribution is -0.141. The van der Waals surface area contributed by atoms with Crippen molar-refractivity contribution >= 4 is 28.6 Å². The van der Waals surface area contributed by atoms with Gasteiger partial charge in [-0.05, 0) is 74.5 Å². The predicted molar refractivity (Wildman–Crippen MR) is 143 cm³/mol. The van der Waals surface area contributed by atoms with E-state index in [2.05, 4.69) is 14.9 Å². The molecule has 0 bridgehead atoms. The normalized spacial score (nSPS) is 16.5. The van der Waals surface area contributed by atoms with Crippen LogP contribution in [0.2, 0.25) is 0 Å². The van der Waals surface area contributed by atoms with Gasteiger partial charge in [0.1, 0.15) is 11.9 Å². The Bertz CT molecular complexity index is 1180. The molecule has 1 aliphatic heterocycles. The summed E-state index contributed by atoms with van der Waals surface area (Å²) in [5, 5.41) is 21.2. The van der Waals surface area contributed by atoms with Crippen LogP contribution in [0.4, 0.5) is 4.39 Å². The zero-order chi connectivity index (χ0) is 26.3. The summed E-state index contributed by atoms with van der Waals surface area (Å²) in [7, 11) is 1.55. The van der Waals surface area contributed by atoms with E-state index >= 15 is 4.39 Å². The van der Waals surface area contributed by atoms with E-state index in [1.807, 2.05) is 18.2 Å². The highest BCUT2D eigenvalue weighted by Gasteiger charge is 2.37. The van der Waals surface area contributed by atoms with Gasteiger partial charge in [0.25, 0.3) is 0 Å². The van der Waals surface area contributed by atoms with Crippen molar-refractivity contribution in [3.63, 3.8) is 0 Å². The van der Waals surface area contributed by atoms with Gasteiger partial charge in [-0.2, -0.15) is 0 Å². The number of benzene rings is 1. The Balaban J connectivity index is 1.42. The molecule has 37 heavy (non-hydrogen) atoms. The second kappa shape index (κ2) is 12.7. The Morgan fingerprint density at radius 1 is 1.24 bits per heavy atom. The van der Waals surface area contributed by atoms with E-state index in [-0.39, 0.29) is 19.4 Å². The molecule has 1 atom stereocenters. The number of likely N-dealkylation sites (tertiary alicyclic amines) is 1. The van der Waals surface area contributed by atoms with E-state index in [0.717, 1.165) is 43.3 Å². The average Bonchev–Trinajstić information content (AvgIpc) is 2.92. The maximum absolute atomic E-state index is 15.9. The fourth-order valence-corrected chi connectivity index (χ4v) is 6.10. The van der Waals surface area contributed by atoms with Gasteiger partial charge < -0.3 is 19.8 Å². The molecular formula is C28H34FN3O4S. The number of carboxylic acid groups (broad SMARTS) is 1. The molecule has 0 aliphatic carbocycles. The highest BCUT2D eigenvalue weighted by molar-refractivity contribution is 7.99. The standard InChI is InChI=1S/C28H34FN3O4S/c1-36-21-5-6-24-22(16-21)27(20(19-33)18-31-24)23(29)7-8-28(17-26(34)35)9-12-32(13-10-28)14-15-37-25-4-2-3-11-30-25/h2-6,11,16,18,23,33H,7-10,12-15,17,19H2,1H3,(H,34,35)/t23-/m1/s1. The summed E-state index contributed by atoms with van der Waals surface area (Å²) in [5.41, 5.74) is 1.05. The minimum Gasteiger partial charge on any atom is -0.497 e. The molecule has 0 amide bonds. The van der Waals surface area contributed by atoms with E-state index < -0.39 is 17.6 Å². The summed E-state index contributed by atoms with van der Waals surface area (Å²) in [6.07, 6.45) is 4.09. The number of hydrogen-bond acceptors (Lipinski definition) is 7. The third-order valence-corrected chi connectivity index (χ3v) is 8.27. The van der Waals surface area contributed by atoms with Crippen molar-refractivity contribution in [1.29, 1.82) is 0 Å². The molecule has 1 fully saturated rings.